The van der Waals surface area contributed by atoms with Crippen molar-refractivity contribution in [2.45, 2.75) is 34.1 Å². The summed E-state index contributed by atoms with van der Waals surface area (Å²) < 4.78 is 1.51. The van der Waals surface area contributed by atoms with Crippen LogP contribution in [0.25, 0.3) is 0 Å². The van der Waals surface area contributed by atoms with Gasteiger partial charge in [-0.25, -0.2) is 0 Å². The molecule has 8 heteroatoms. The maximum atomic E-state index is 11.9. The van der Waals surface area contributed by atoms with Gasteiger partial charge >= 0.3 is 0 Å². The predicted molar refractivity (Wildman–Crippen MR) is 94.9 cm³/mol. The van der Waals surface area contributed by atoms with E-state index in [-0.39, 0.29) is 59.8 Å². The molecule has 152 valence electrons. The van der Waals surface area contributed by atoms with Gasteiger partial charge in [-0.05, 0) is 34.1 Å². The van der Waals surface area contributed by atoms with Crippen LogP contribution in [-0.2, 0) is 9.59 Å². The summed E-state index contributed by atoms with van der Waals surface area (Å²) in [7, 11) is 4.19. The minimum atomic E-state index is 0. The summed E-state index contributed by atoms with van der Waals surface area (Å²) >= 11 is 0. The zero-order chi connectivity index (χ0) is 17.9. The zero-order valence-corrected chi connectivity index (χ0v) is 21.1. The highest BCUT2D eigenvalue weighted by molar-refractivity contribution is 5.77. The molecule has 0 aromatic heterocycles. The number of carbonyl (C=O) groups excluding carboxylic acids is 2. The first-order valence-corrected chi connectivity index (χ1v) is 8.94. The Balaban J connectivity index is -0.00000242. The van der Waals surface area contributed by atoms with Crippen LogP contribution in [0, 0.1) is 0 Å². The normalized spacial score (nSPS) is 11.1. The second kappa shape index (κ2) is 15.4. The van der Waals surface area contributed by atoms with Gasteiger partial charge in [0.2, 0.25) is 0 Å². The fourth-order valence-electron chi connectivity index (χ4n) is 2.24. The largest absolute Gasteiger partial charge is 1.00 e. The summed E-state index contributed by atoms with van der Waals surface area (Å²) in [5, 5.41) is 5.88. The van der Waals surface area contributed by atoms with Crippen molar-refractivity contribution in [3.63, 3.8) is 0 Å². The summed E-state index contributed by atoms with van der Waals surface area (Å²) in [6, 6.07) is 0. The van der Waals surface area contributed by atoms with Gasteiger partial charge in [0.05, 0.1) is 40.3 Å². The fourth-order valence-corrected chi connectivity index (χ4v) is 2.24. The summed E-state index contributed by atoms with van der Waals surface area (Å²) in [4.78, 5) is 23.8. The summed E-state index contributed by atoms with van der Waals surface area (Å²) in [5.41, 5.74) is 0. The van der Waals surface area contributed by atoms with Gasteiger partial charge in [0.1, 0.15) is 0 Å². The molecule has 0 saturated carbocycles. The molecule has 0 saturated heterocycles. The fraction of sp³-hybridized carbons (Fsp3) is 0.882. The molecule has 0 aliphatic rings. The van der Waals surface area contributed by atoms with Crippen LogP contribution >= 0.6 is 0 Å². The molecule has 0 heterocycles. The third-order valence-electron chi connectivity index (χ3n) is 5.10. The van der Waals surface area contributed by atoms with Crippen molar-refractivity contribution >= 4 is 11.8 Å². The average molecular weight is 584 g/mol. The number of likely N-dealkylation sites (N-methyl/N-ethyl adjacent to an activating group) is 2. The maximum absolute atomic E-state index is 11.9. The summed E-state index contributed by atoms with van der Waals surface area (Å²) in [5.74, 6) is 0.174. The van der Waals surface area contributed by atoms with Crippen molar-refractivity contribution in [3.05, 3.63) is 0 Å². The topological polar surface area (TPSA) is 58.2 Å². The molecule has 25 heavy (non-hydrogen) atoms. The monoisotopic (exact) mass is 584 g/mol. The van der Waals surface area contributed by atoms with Gasteiger partial charge in [0, 0.05) is 13.1 Å². The van der Waals surface area contributed by atoms with Crippen LogP contribution in [-0.4, -0.2) is 87.2 Å². The first-order chi connectivity index (χ1) is 10.7. The molecule has 0 unspecified atom stereocenters. The van der Waals surface area contributed by atoms with Crippen molar-refractivity contribution in [3.8, 4) is 0 Å². The lowest BCUT2D eigenvalue weighted by molar-refractivity contribution is -0.898. The Morgan fingerprint density at radius 1 is 0.680 bits per heavy atom. The molecule has 0 aromatic rings. The van der Waals surface area contributed by atoms with Crippen LogP contribution < -0.4 is 58.6 Å². The van der Waals surface area contributed by atoms with Crippen molar-refractivity contribution in [2.24, 2.45) is 0 Å². The Morgan fingerprint density at radius 3 is 1.20 bits per heavy atom. The standard InChI is InChI=1S/C17H36N4O2.2HI/c1-7-20(5,8-2)14-16(22)18-12-11-13-19-17(23)15-21(6,9-3)10-4;;/h7-15H2,1-6H3;2*1H. The smallest absolute Gasteiger partial charge is 0.275 e. The predicted octanol–water partition coefficient (Wildman–Crippen LogP) is -5.41. The van der Waals surface area contributed by atoms with Gasteiger partial charge in [-0.15, -0.1) is 0 Å². The number of quaternary nitrogens is 2. The average Bonchev–Trinajstić information content (AvgIpc) is 2.54. The Morgan fingerprint density at radius 2 is 0.960 bits per heavy atom. The summed E-state index contributed by atoms with van der Waals surface area (Å²) in [6.07, 6.45) is 0.765. The Labute approximate surface area is 188 Å². The van der Waals surface area contributed by atoms with Crippen LogP contribution in [0.15, 0.2) is 0 Å². The molecule has 0 aromatic carbocycles. The number of hydrogen-bond acceptors (Lipinski definition) is 2. The highest BCUT2D eigenvalue weighted by Crippen LogP contribution is 2.00. The number of rotatable bonds is 12. The van der Waals surface area contributed by atoms with Crippen LogP contribution in [0.2, 0.25) is 0 Å². The van der Waals surface area contributed by atoms with E-state index in [9.17, 15) is 9.59 Å². The Bertz CT molecular complexity index is 340. The molecule has 0 aliphatic heterocycles. The molecule has 0 radical (unpaired) electrons. The van der Waals surface area contributed by atoms with Gasteiger partial charge in [0.25, 0.3) is 11.8 Å². The van der Waals surface area contributed by atoms with E-state index in [0.717, 1.165) is 41.6 Å². The van der Waals surface area contributed by atoms with E-state index >= 15 is 0 Å². The van der Waals surface area contributed by atoms with Gasteiger partial charge in [-0.2, -0.15) is 0 Å². The first-order valence-electron chi connectivity index (χ1n) is 8.94. The van der Waals surface area contributed by atoms with E-state index in [2.05, 4.69) is 52.4 Å². The molecule has 6 nitrogen and oxygen atoms in total. The zero-order valence-electron chi connectivity index (χ0n) is 16.8. The van der Waals surface area contributed by atoms with Gasteiger partial charge < -0.3 is 67.6 Å². The quantitative estimate of drug-likeness (QED) is 0.137. The van der Waals surface area contributed by atoms with Crippen LogP contribution in [0.1, 0.15) is 34.1 Å². The molecule has 0 aliphatic carbocycles. The second-order valence-corrected chi connectivity index (χ2v) is 6.87. The number of nitrogens with one attached hydrogen (secondary N) is 2. The van der Waals surface area contributed by atoms with Crippen molar-refractivity contribution in [1.82, 2.24) is 10.6 Å². The number of hydrogen-bond donors (Lipinski definition) is 2. The van der Waals surface area contributed by atoms with E-state index < -0.39 is 0 Å². The van der Waals surface area contributed by atoms with E-state index in [1.165, 1.54) is 0 Å². The highest BCUT2D eigenvalue weighted by Gasteiger charge is 2.21. The Hall–Kier alpha value is 0.320. The molecular formula is C17H38I2N4O2. The number of nitrogens with zero attached hydrogens (tertiary/aromatic N) is 2. The number of halogens is 2. The third kappa shape index (κ3) is 13.2. The minimum Gasteiger partial charge on any atom is -1.00 e. The van der Waals surface area contributed by atoms with Gasteiger partial charge in [-0.1, -0.05) is 0 Å². The van der Waals surface area contributed by atoms with Crippen molar-refractivity contribution in [1.29, 1.82) is 0 Å². The maximum Gasteiger partial charge on any atom is 0.275 e. The van der Waals surface area contributed by atoms with Crippen molar-refractivity contribution < 1.29 is 66.5 Å². The number of amides is 2. The van der Waals surface area contributed by atoms with Crippen LogP contribution in [0.5, 0.6) is 0 Å². The van der Waals surface area contributed by atoms with E-state index in [4.69, 9.17) is 0 Å². The SMILES string of the molecule is CC[N+](C)(CC)CC(=O)NCCCNC(=O)C[N+](C)(CC)CC.[I-].[I-]. The first kappa shape index (κ1) is 30.1. The molecular weight excluding hydrogens is 546 g/mol. The highest BCUT2D eigenvalue weighted by atomic mass is 127. The van der Waals surface area contributed by atoms with Crippen LogP contribution in [0.3, 0.4) is 0 Å². The third-order valence-corrected chi connectivity index (χ3v) is 5.10. The van der Waals surface area contributed by atoms with E-state index in [1.807, 2.05) is 0 Å². The molecule has 0 spiro atoms. The van der Waals surface area contributed by atoms with E-state index in [1.54, 1.807) is 0 Å². The lowest BCUT2D eigenvalue weighted by atomic mass is 10.3. The molecule has 0 fully saturated rings. The molecule has 2 amide bonds. The Kier molecular flexibility index (Phi) is 18.5. The molecule has 2 N–H and O–H groups in total. The molecule has 0 atom stereocenters. The van der Waals surface area contributed by atoms with Gasteiger partial charge in [-0.3, -0.25) is 9.59 Å². The van der Waals surface area contributed by atoms with Gasteiger partial charge in [0.15, 0.2) is 13.1 Å². The number of carbonyl (C=O) groups is 2. The van der Waals surface area contributed by atoms with Crippen molar-refractivity contribution in [2.75, 3.05) is 66.5 Å². The van der Waals surface area contributed by atoms with Crippen LogP contribution in [0.4, 0.5) is 0 Å². The lowest BCUT2D eigenvalue weighted by Gasteiger charge is -2.31. The molecule has 0 rings (SSSR count). The minimum absolute atomic E-state index is 0. The van der Waals surface area contributed by atoms with E-state index in [0.29, 0.717) is 26.2 Å². The molecule has 0 bridgehead atoms. The lowest BCUT2D eigenvalue weighted by Crippen LogP contribution is -3.00. The summed E-state index contributed by atoms with van der Waals surface area (Å²) in [6.45, 7) is 14.5. The second-order valence-electron chi connectivity index (χ2n) is 6.87.